The number of aromatic nitrogens is 2. The summed E-state index contributed by atoms with van der Waals surface area (Å²) >= 11 is 1.67. The topological polar surface area (TPSA) is 76.2 Å². The summed E-state index contributed by atoms with van der Waals surface area (Å²) in [7, 11) is 4.10. The zero-order valence-electron chi connectivity index (χ0n) is 15.5. The number of fused-ring (bicyclic) bond motifs is 2. The molecular formula is C19H21N5O2S. The number of nitrogens with one attached hydrogen (secondary N) is 1. The van der Waals surface area contributed by atoms with Crippen LogP contribution < -0.4 is 5.32 Å². The number of hydrogen-bond donors (Lipinski definition) is 1. The van der Waals surface area contributed by atoms with Crippen LogP contribution >= 0.6 is 11.8 Å². The van der Waals surface area contributed by atoms with Gasteiger partial charge >= 0.3 is 0 Å². The monoisotopic (exact) mass is 383 g/mol. The maximum absolute atomic E-state index is 11.6. The van der Waals surface area contributed by atoms with Gasteiger partial charge in [-0.05, 0) is 57.6 Å². The molecule has 0 unspecified atom stereocenters. The molecule has 0 fully saturated rings. The summed E-state index contributed by atoms with van der Waals surface area (Å²) in [5.74, 6) is 0. The first kappa shape index (κ1) is 17.8. The van der Waals surface area contributed by atoms with Gasteiger partial charge in [-0.2, -0.15) is 5.10 Å². The molecule has 27 heavy (non-hydrogen) atoms. The lowest BCUT2D eigenvalue weighted by Gasteiger charge is -2.18. The van der Waals surface area contributed by atoms with Gasteiger partial charge in [-0.15, -0.1) is 11.8 Å². The minimum atomic E-state index is -0.337. The van der Waals surface area contributed by atoms with Crippen LogP contribution in [0.15, 0.2) is 35.2 Å². The van der Waals surface area contributed by atoms with Crippen LogP contribution in [0.3, 0.4) is 0 Å². The number of anilines is 2. The van der Waals surface area contributed by atoms with Crippen LogP contribution in [0.4, 0.5) is 17.1 Å². The van der Waals surface area contributed by atoms with E-state index in [1.807, 2.05) is 43.2 Å². The Bertz CT molecular complexity index is 1040. The number of thioether (sulfide) groups is 1. The highest BCUT2D eigenvalue weighted by atomic mass is 32.2. The lowest BCUT2D eigenvalue weighted by Crippen LogP contribution is -2.15. The summed E-state index contributed by atoms with van der Waals surface area (Å²) in [4.78, 5) is 14.5. The predicted molar refractivity (Wildman–Crippen MR) is 110 cm³/mol. The largest absolute Gasteiger partial charge is 0.349 e. The fourth-order valence-electron chi connectivity index (χ4n) is 3.52. The fraction of sp³-hybridized carbons (Fsp3) is 0.316. The zero-order valence-corrected chi connectivity index (χ0v) is 16.3. The molecule has 0 bridgehead atoms. The Morgan fingerprint density at radius 2 is 2.11 bits per heavy atom. The average Bonchev–Trinajstić information content (AvgIpc) is 3.01. The molecule has 0 saturated carbocycles. The number of nitrogens with zero attached hydrogens (tertiary/aromatic N) is 4. The molecule has 0 aliphatic carbocycles. The highest BCUT2D eigenvalue weighted by Gasteiger charge is 2.29. The van der Waals surface area contributed by atoms with Crippen molar-refractivity contribution in [2.45, 2.75) is 17.9 Å². The van der Waals surface area contributed by atoms with Crippen molar-refractivity contribution >= 4 is 39.7 Å². The SMILES string of the molecule is CSc1ccc2c(c1)-c1nn(CCCN(C)C)c3ccc([N+](=O)[O-])c(c13)N2. The van der Waals surface area contributed by atoms with Crippen molar-refractivity contribution in [3.05, 3.63) is 40.4 Å². The second-order valence-electron chi connectivity index (χ2n) is 6.88. The Labute approximate surface area is 161 Å². The molecular weight excluding hydrogens is 362 g/mol. The number of rotatable bonds is 6. The van der Waals surface area contributed by atoms with E-state index in [0.29, 0.717) is 5.69 Å². The Hall–Kier alpha value is -2.58. The lowest BCUT2D eigenvalue weighted by atomic mass is 9.99. The highest BCUT2D eigenvalue weighted by molar-refractivity contribution is 7.98. The standard InChI is InChI=1S/C19H21N5O2S/c1-22(2)9-4-10-23-15-7-8-16(24(25)26)19-17(15)18(21-23)13-11-12(27-3)5-6-14(13)20-19/h5-8,11,20H,4,9-10H2,1-3H3. The van der Waals surface area contributed by atoms with Gasteiger partial charge in [0, 0.05) is 28.8 Å². The Morgan fingerprint density at radius 3 is 2.81 bits per heavy atom. The molecule has 4 rings (SSSR count). The van der Waals surface area contributed by atoms with Crippen LogP contribution in [-0.2, 0) is 6.54 Å². The summed E-state index contributed by atoms with van der Waals surface area (Å²) in [5, 5.41) is 20.5. The van der Waals surface area contributed by atoms with E-state index in [0.717, 1.165) is 52.3 Å². The Morgan fingerprint density at radius 1 is 1.30 bits per heavy atom. The third-order valence-corrected chi connectivity index (χ3v) is 5.54. The van der Waals surface area contributed by atoms with Gasteiger partial charge in [-0.1, -0.05) is 0 Å². The van der Waals surface area contributed by atoms with E-state index in [1.165, 1.54) is 0 Å². The van der Waals surface area contributed by atoms with E-state index in [-0.39, 0.29) is 10.6 Å². The van der Waals surface area contributed by atoms with Gasteiger partial charge in [0.15, 0.2) is 0 Å². The fourth-order valence-corrected chi connectivity index (χ4v) is 3.96. The molecule has 0 atom stereocenters. The highest BCUT2D eigenvalue weighted by Crippen LogP contribution is 2.47. The number of aryl methyl sites for hydroxylation is 1. The van der Waals surface area contributed by atoms with Crippen LogP contribution in [0.25, 0.3) is 22.2 Å². The van der Waals surface area contributed by atoms with E-state index in [1.54, 1.807) is 17.8 Å². The minimum absolute atomic E-state index is 0.0798. The molecule has 1 aromatic heterocycles. The summed E-state index contributed by atoms with van der Waals surface area (Å²) in [5.41, 5.74) is 4.21. The van der Waals surface area contributed by atoms with Crippen LogP contribution in [0.5, 0.6) is 0 Å². The molecule has 0 radical (unpaired) electrons. The van der Waals surface area contributed by atoms with Gasteiger partial charge in [-0.3, -0.25) is 14.8 Å². The predicted octanol–water partition coefficient (Wildman–Crippen LogP) is 4.34. The molecule has 1 aliphatic rings. The molecule has 1 aliphatic heterocycles. The second-order valence-corrected chi connectivity index (χ2v) is 7.76. The van der Waals surface area contributed by atoms with Gasteiger partial charge in [0.25, 0.3) is 5.69 Å². The maximum Gasteiger partial charge on any atom is 0.293 e. The normalized spacial score (nSPS) is 12.3. The molecule has 1 N–H and O–H groups in total. The molecule has 8 heteroatoms. The van der Waals surface area contributed by atoms with Crippen molar-refractivity contribution in [3.63, 3.8) is 0 Å². The van der Waals surface area contributed by atoms with Gasteiger partial charge < -0.3 is 10.2 Å². The zero-order chi connectivity index (χ0) is 19.1. The second kappa shape index (κ2) is 6.86. The third kappa shape index (κ3) is 3.04. The summed E-state index contributed by atoms with van der Waals surface area (Å²) in [6, 6.07) is 9.47. The van der Waals surface area contributed by atoms with Gasteiger partial charge in [-0.25, -0.2) is 0 Å². The number of hydrogen-bond acceptors (Lipinski definition) is 6. The quantitative estimate of drug-likeness (QED) is 0.303. The smallest absolute Gasteiger partial charge is 0.293 e. The van der Waals surface area contributed by atoms with Crippen molar-refractivity contribution in [2.24, 2.45) is 0 Å². The van der Waals surface area contributed by atoms with Crippen molar-refractivity contribution in [2.75, 3.05) is 32.2 Å². The van der Waals surface area contributed by atoms with E-state index >= 15 is 0 Å². The molecule has 3 aromatic rings. The van der Waals surface area contributed by atoms with Crippen molar-refractivity contribution in [3.8, 4) is 11.3 Å². The summed E-state index contributed by atoms with van der Waals surface area (Å²) < 4.78 is 1.98. The van der Waals surface area contributed by atoms with E-state index in [9.17, 15) is 10.1 Å². The van der Waals surface area contributed by atoms with Crippen LogP contribution in [0.2, 0.25) is 0 Å². The molecule has 0 saturated heterocycles. The molecule has 0 amide bonds. The first-order valence-corrected chi connectivity index (χ1v) is 10.00. The van der Waals surface area contributed by atoms with Gasteiger partial charge in [0.05, 0.1) is 15.8 Å². The first-order valence-electron chi connectivity index (χ1n) is 8.77. The van der Waals surface area contributed by atoms with Crippen molar-refractivity contribution in [1.29, 1.82) is 0 Å². The number of benzene rings is 2. The summed E-state index contributed by atoms with van der Waals surface area (Å²) in [6.45, 7) is 1.73. The van der Waals surface area contributed by atoms with Crippen LogP contribution in [-0.4, -0.2) is 46.5 Å². The van der Waals surface area contributed by atoms with E-state index in [2.05, 4.69) is 16.3 Å². The van der Waals surface area contributed by atoms with Crippen molar-refractivity contribution in [1.82, 2.24) is 14.7 Å². The van der Waals surface area contributed by atoms with Crippen LogP contribution in [0, 0.1) is 10.1 Å². The Kier molecular flexibility index (Phi) is 4.53. The van der Waals surface area contributed by atoms with Gasteiger partial charge in [0.2, 0.25) is 0 Å². The van der Waals surface area contributed by atoms with Gasteiger partial charge in [0.1, 0.15) is 11.4 Å². The Balaban J connectivity index is 1.91. The van der Waals surface area contributed by atoms with Crippen molar-refractivity contribution < 1.29 is 4.92 Å². The first-order chi connectivity index (χ1) is 13.0. The van der Waals surface area contributed by atoms with E-state index in [4.69, 9.17) is 5.10 Å². The summed E-state index contributed by atoms with van der Waals surface area (Å²) in [6.07, 6.45) is 2.99. The molecule has 2 aromatic carbocycles. The molecule has 7 nitrogen and oxygen atoms in total. The maximum atomic E-state index is 11.6. The number of nitro groups is 1. The number of nitro benzene ring substituents is 1. The average molecular weight is 383 g/mol. The van der Waals surface area contributed by atoms with Crippen LogP contribution in [0.1, 0.15) is 6.42 Å². The molecule has 0 spiro atoms. The molecule has 140 valence electrons. The lowest BCUT2D eigenvalue weighted by molar-refractivity contribution is -0.383. The molecule has 2 heterocycles. The minimum Gasteiger partial charge on any atom is -0.349 e. The third-order valence-electron chi connectivity index (χ3n) is 4.81. The van der Waals surface area contributed by atoms with E-state index < -0.39 is 0 Å².